The van der Waals surface area contributed by atoms with Gasteiger partial charge in [0.2, 0.25) is 0 Å². The number of aromatic nitrogens is 2. The third kappa shape index (κ3) is 5.64. The van der Waals surface area contributed by atoms with Gasteiger partial charge in [-0.25, -0.2) is 0 Å². The lowest BCUT2D eigenvalue weighted by Gasteiger charge is -2.25. The maximum absolute atomic E-state index is 13.0. The zero-order valence-corrected chi connectivity index (χ0v) is 18.1. The second-order valence-corrected chi connectivity index (χ2v) is 8.92. The zero-order valence-electron chi connectivity index (χ0n) is 17.3. The van der Waals surface area contributed by atoms with Crippen molar-refractivity contribution in [2.75, 3.05) is 0 Å². The van der Waals surface area contributed by atoms with Crippen LogP contribution in [-0.2, 0) is 25.2 Å². The minimum Gasteiger partial charge on any atom is -0.507 e. The molecule has 2 rings (SSSR count). The van der Waals surface area contributed by atoms with Crippen LogP contribution in [0.2, 0.25) is 0 Å². The zero-order chi connectivity index (χ0) is 20.8. The summed E-state index contributed by atoms with van der Waals surface area (Å²) in [6, 6.07) is 4.62. The predicted octanol–water partition coefficient (Wildman–Crippen LogP) is 5.42. The van der Waals surface area contributed by atoms with E-state index in [1.807, 2.05) is 47.6 Å². The van der Waals surface area contributed by atoms with Crippen LogP contribution in [0.25, 0.3) is 11.3 Å². The molecule has 0 aliphatic rings. The molecule has 158 valence electrons. The fourth-order valence-electron chi connectivity index (χ4n) is 2.68. The van der Waals surface area contributed by atoms with Crippen LogP contribution in [0.3, 0.4) is 0 Å². The maximum Gasteiger partial charge on any atom is 0.435 e. The topological polar surface area (TPSA) is 50.1 Å². The van der Waals surface area contributed by atoms with Gasteiger partial charge in [0, 0.05) is 30.3 Å². The van der Waals surface area contributed by atoms with Crippen molar-refractivity contribution >= 4 is 12.4 Å². The summed E-state index contributed by atoms with van der Waals surface area (Å²) < 4.78 is 40.3. The van der Waals surface area contributed by atoms with Gasteiger partial charge in [-0.05, 0) is 43.9 Å². The van der Waals surface area contributed by atoms with Gasteiger partial charge in [0.05, 0.1) is 5.69 Å². The van der Waals surface area contributed by atoms with Crippen LogP contribution in [-0.4, -0.2) is 20.4 Å². The Morgan fingerprint density at radius 2 is 1.61 bits per heavy atom. The van der Waals surface area contributed by atoms with E-state index in [4.69, 9.17) is 0 Å². The molecule has 0 saturated heterocycles. The highest BCUT2D eigenvalue weighted by atomic mass is 35.5. The van der Waals surface area contributed by atoms with Gasteiger partial charge in [0.1, 0.15) is 5.75 Å². The van der Waals surface area contributed by atoms with E-state index in [9.17, 15) is 18.3 Å². The molecule has 0 amide bonds. The molecular formula is C20H29ClF3N3O. The number of phenols is 1. The third-order valence-corrected chi connectivity index (χ3v) is 4.31. The molecule has 0 atom stereocenters. The standard InChI is InChI=1S/C20H28F3N3O.ClH/c1-18(2,3)13-8-12(11-24-19(4,5)6)17(27)14(9-13)15-10-16(20(21,22)23)25-26(15)7;/h8-10,24,27H,11H2,1-7H3;1H. The first-order valence-corrected chi connectivity index (χ1v) is 8.82. The van der Waals surface area contributed by atoms with Crippen LogP contribution in [0.15, 0.2) is 18.2 Å². The normalized spacial score (nSPS) is 12.8. The van der Waals surface area contributed by atoms with E-state index in [1.165, 1.54) is 7.05 Å². The van der Waals surface area contributed by atoms with Gasteiger partial charge < -0.3 is 10.4 Å². The molecule has 0 unspecified atom stereocenters. The molecule has 2 aromatic rings. The van der Waals surface area contributed by atoms with E-state index in [0.717, 1.165) is 16.3 Å². The Balaban J connectivity index is 0.00000392. The van der Waals surface area contributed by atoms with E-state index in [2.05, 4.69) is 10.4 Å². The van der Waals surface area contributed by atoms with Crippen LogP contribution in [0, 0.1) is 0 Å². The highest BCUT2D eigenvalue weighted by Crippen LogP contribution is 2.39. The van der Waals surface area contributed by atoms with Crippen molar-refractivity contribution in [3.8, 4) is 17.0 Å². The average Bonchev–Trinajstić information content (AvgIpc) is 2.86. The fraction of sp³-hybridized carbons (Fsp3) is 0.550. The Morgan fingerprint density at radius 1 is 1.04 bits per heavy atom. The van der Waals surface area contributed by atoms with Crippen molar-refractivity contribution in [2.24, 2.45) is 7.05 Å². The first-order chi connectivity index (χ1) is 12.1. The number of phenolic OH excluding ortho intramolecular Hbond substituents is 1. The Labute approximate surface area is 170 Å². The summed E-state index contributed by atoms with van der Waals surface area (Å²) in [5.74, 6) is -0.0310. The van der Waals surface area contributed by atoms with Crippen molar-refractivity contribution in [3.05, 3.63) is 35.0 Å². The smallest absolute Gasteiger partial charge is 0.435 e. The molecule has 0 saturated carbocycles. The average molecular weight is 420 g/mol. The molecule has 28 heavy (non-hydrogen) atoms. The van der Waals surface area contributed by atoms with Crippen LogP contribution in [0.4, 0.5) is 13.2 Å². The van der Waals surface area contributed by atoms with Gasteiger partial charge in [-0.2, -0.15) is 18.3 Å². The van der Waals surface area contributed by atoms with Gasteiger partial charge in [-0.15, -0.1) is 12.4 Å². The van der Waals surface area contributed by atoms with Crippen LogP contribution >= 0.6 is 12.4 Å². The first-order valence-electron chi connectivity index (χ1n) is 8.82. The van der Waals surface area contributed by atoms with Gasteiger partial charge in [0.15, 0.2) is 5.69 Å². The summed E-state index contributed by atoms with van der Waals surface area (Å²) in [5.41, 5.74) is 0.763. The van der Waals surface area contributed by atoms with Crippen LogP contribution in [0.5, 0.6) is 5.75 Å². The number of hydrogen-bond donors (Lipinski definition) is 2. The molecule has 8 heteroatoms. The number of hydrogen-bond acceptors (Lipinski definition) is 3. The highest BCUT2D eigenvalue weighted by Gasteiger charge is 2.35. The van der Waals surface area contributed by atoms with Crippen molar-refractivity contribution in [1.29, 1.82) is 0 Å². The van der Waals surface area contributed by atoms with E-state index in [0.29, 0.717) is 17.7 Å². The number of aromatic hydroxyl groups is 1. The summed E-state index contributed by atoms with van der Waals surface area (Å²) in [6.07, 6.45) is -4.54. The van der Waals surface area contributed by atoms with Crippen LogP contribution < -0.4 is 5.32 Å². The summed E-state index contributed by atoms with van der Waals surface area (Å²) in [5, 5.41) is 17.7. The van der Waals surface area contributed by atoms with Crippen molar-refractivity contribution < 1.29 is 18.3 Å². The van der Waals surface area contributed by atoms with Crippen molar-refractivity contribution in [2.45, 2.75) is 65.2 Å². The van der Waals surface area contributed by atoms with E-state index >= 15 is 0 Å². The second kappa shape index (κ2) is 7.95. The molecule has 2 N–H and O–H groups in total. The molecule has 0 bridgehead atoms. The van der Waals surface area contributed by atoms with Crippen molar-refractivity contribution in [1.82, 2.24) is 15.1 Å². The summed E-state index contributed by atoms with van der Waals surface area (Å²) in [7, 11) is 1.45. The van der Waals surface area contributed by atoms with E-state index in [-0.39, 0.29) is 34.8 Å². The maximum atomic E-state index is 13.0. The quantitative estimate of drug-likeness (QED) is 0.698. The Hall–Kier alpha value is -1.73. The molecule has 4 nitrogen and oxygen atoms in total. The number of halogens is 4. The number of benzene rings is 1. The Bertz CT molecular complexity index is 831. The molecule has 1 aromatic carbocycles. The van der Waals surface area contributed by atoms with E-state index < -0.39 is 11.9 Å². The molecule has 0 fully saturated rings. The highest BCUT2D eigenvalue weighted by molar-refractivity contribution is 5.85. The largest absolute Gasteiger partial charge is 0.507 e. The summed E-state index contributed by atoms with van der Waals surface area (Å²) in [4.78, 5) is 0. The lowest BCUT2D eigenvalue weighted by atomic mass is 9.84. The fourth-order valence-corrected chi connectivity index (χ4v) is 2.68. The molecule has 1 heterocycles. The minimum absolute atomic E-state index is 0. The second-order valence-electron chi connectivity index (χ2n) is 8.92. The van der Waals surface area contributed by atoms with Gasteiger partial charge in [-0.1, -0.05) is 26.8 Å². The molecule has 1 aromatic heterocycles. The molecule has 0 aliphatic heterocycles. The number of nitrogens with one attached hydrogen (secondary N) is 1. The minimum atomic E-state index is -4.54. The Morgan fingerprint density at radius 3 is 2.04 bits per heavy atom. The Kier molecular flexibility index (Phi) is 6.90. The van der Waals surface area contributed by atoms with Gasteiger partial charge in [0.25, 0.3) is 0 Å². The van der Waals surface area contributed by atoms with Crippen molar-refractivity contribution in [3.63, 3.8) is 0 Å². The number of alkyl halides is 3. The lowest BCUT2D eigenvalue weighted by Crippen LogP contribution is -2.35. The molecule has 0 spiro atoms. The van der Waals surface area contributed by atoms with Crippen LogP contribution in [0.1, 0.15) is 58.4 Å². The monoisotopic (exact) mass is 419 g/mol. The molecule has 0 aliphatic carbocycles. The van der Waals surface area contributed by atoms with Gasteiger partial charge >= 0.3 is 6.18 Å². The van der Waals surface area contributed by atoms with Gasteiger partial charge in [-0.3, -0.25) is 4.68 Å². The first kappa shape index (κ1) is 24.3. The lowest BCUT2D eigenvalue weighted by molar-refractivity contribution is -0.141. The SMILES string of the molecule is Cl.Cn1nc(C(F)(F)F)cc1-c1cc(C(C)(C)C)cc(CNC(C)(C)C)c1O. The number of aryl methyl sites for hydroxylation is 1. The van der Waals surface area contributed by atoms with E-state index in [1.54, 1.807) is 6.07 Å². The molecular weight excluding hydrogens is 391 g/mol. The predicted molar refractivity (Wildman–Crippen MR) is 108 cm³/mol. The summed E-state index contributed by atoms with van der Waals surface area (Å²) in [6.45, 7) is 12.5. The summed E-state index contributed by atoms with van der Waals surface area (Å²) >= 11 is 0. The number of rotatable bonds is 3. The third-order valence-electron chi connectivity index (χ3n) is 4.31. The number of nitrogens with zero attached hydrogens (tertiary/aromatic N) is 2. The molecule has 0 radical (unpaired) electrons.